The molecule has 4 heteroatoms. The number of nitrogens with one attached hydrogen (secondary N) is 1. The zero-order valence-electron chi connectivity index (χ0n) is 12.0. The smallest absolute Gasteiger partial charge is 0.0934 e. The Balaban J connectivity index is 1.74. The fourth-order valence-electron chi connectivity index (χ4n) is 4.40. The highest BCUT2D eigenvalue weighted by Gasteiger charge is 2.50. The lowest BCUT2D eigenvalue weighted by atomic mass is 9.80. The molecule has 0 spiro atoms. The molecule has 21 heavy (non-hydrogen) atoms. The van der Waals surface area contributed by atoms with Crippen LogP contribution in [0.15, 0.2) is 34.9 Å². The standard InChI is InChI=1S/C17H20BrN3/c18-14-7-12-2-1-3-15(16(12)20-9-14)21-17(10-19)8-11-4-5-13(17)6-11/h1-3,7,9,11,13,21H,4-6,8,10,19H2. The minimum atomic E-state index is 0.0754. The number of benzene rings is 1. The number of aromatic nitrogens is 1. The van der Waals surface area contributed by atoms with Gasteiger partial charge in [0.25, 0.3) is 0 Å². The number of hydrogen-bond donors (Lipinski definition) is 2. The third-order valence-electron chi connectivity index (χ3n) is 5.40. The number of hydrogen-bond acceptors (Lipinski definition) is 3. The van der Waals surface area contributed by atoms with Crippen LogP contribution in [0.1, 0.15) is 25.7 Å². The van der Waals surface area contributed by atoms with Crippen molar-refractivity contribution in [2.45, 2.75) is 31.2 Å². The molecule has 2 fully saturated rings. The summed E-state index contributed by atoms with van der Waals surface area (Å²) < 4.78 is 1.01. The Kier molecular flexibility index (Phi) is 3.19. The van der Waals surface area contributed by atoms with Crippen LogP contribution in [0, 0.1) is 11.8 Å². The topological polar surface area (TPSA) is 50.9 Å². The van der Waals surface area contributed by atoms with Crippen molar-refractivity contribution < 1.29 is 0 Å². The molecule has 3 N–H and O–H groups in total. The molecule has 110 valence electrons. The predicted octanol–water partition coefficient (Wildman–Crippen LogP) is 3.93. The summed E-state index contributed by atoms with van der Waals surface area (Å²) in [6.07, 6.45) is 7.12. The quantitative estimate of drug-likeness (QED) is 0.886. The van der Waals surface area contributed by atoms with Crippen molar-refractivity contribution in [3.05, 3.63) is 34.9 Å². The second-order valence-electron chi connectivity index (χ2n) is 6.60. The van der Waals surface area contributed by atoms with Gasteiger partial charge in [0.15, 0.2) is 0 Å². The molecule has 3 unspecified atom stereocenters. The van der Waals surface area contributed by atoms with Crippen molar-refractivity contribution >= 4 is 32.5 Å². The summed E-state index contributed by atoms with van der Waals surface area (Å²) in [5.41, 5.74) is 8.42. The Labute approximate surface area is 133 Å². The maximum Gasteiger partial charge on any atom is 0.0934 e. The summed E-state index contributed by atoms with van der Waals surface area (Å²) in [4.78, 5) is 4.60. The van der Waals surface area contributed by atoms with E-state index in [1.165, 1.54) is 25.7 Å². The zero-order chi connectivity index (χ0) is 14.4. The molecule has 0 amide bonds. The first-order valence-corrected chi connectivity index (χ1v) is 8.52. The van der Waals surface area contributed by atoms with Crippen LogP contribution < -0.4 is 11.1 Å². The summed E-state index contributed by atoms with van der Waals surface area (Å²) >= 11 is 3.49. The molecule has 4 rings (SSSR count). The Morgan fingerprint density at radius 1 is 1.38 bits per heavy atom. The molecule has 3 atom stereocenters. The van der Waals surface area contributed by atoms with Crippen molar-refractivity contribution in [1.82, 2.24) is 4.98 Å². The van der Waals surface area contributed by atoms with Crippen LogP contribution in [-0.4, -0.2) is 17.1 Å². The van der Waals surface area contributed by atoms with Crippen molar-refractivity contribution in [2.75, 3.05) is 11.9 Å². The number of pyridine rings is 1. The van der Waals surface area contributed by atoms with E-state index in [1.54, 1.807) is 0 Å². The van der Waals surface area contributed by atoms with Gasteiger partial charge in [0, 0.05) is 22.6 Å². The third kappa shape index (κ3) is 2.16. The Morgan fingerprint density at radius 3 is 3.00 bits per heavy atom. The lowest BCUT2D eigenvalue weighted by Gasteiger charge is -2.38. The van der Waals surface area contributed by atoms with Crippen LogP contribution in [0.3, 0.4) is 0 Å². The van der Waals surface area contributed by atoms with Crippen LogP contribution in [0.25, 0.3) is 10.9 Å². The fourth-order valence-corrected chi connectivity index (χ4v) is 4.75. The Hall–Kier alpha value is -1.13. The number of anilines is 1. The van der Waals surface area contributed by atoms with Crippen LogP contribution in [0.5, 0.6) is 0 Å². The van der Waals surface area contributed by atoms with Gasteiger partial charge in [0.2, 0.25) is 0 Å². The average Bonchev–Trinajstić information content (AvgIpc) is 3.08. The lowest BCUT2D eigenvalue weighted by molar-refractivity contribution is 0.306. The van der Waals surface area contributed by atoms with E-state index in [9.17, 15) is 0 Å². The number of halogens is 1. The van der Waals surface area contributed by atoms with Crippen molar-refractivity contribution in [2.24, 2.45) is 17.6 Å². The van der Waals surface area contributed by atoms with Crippen LogP contribution in [-0.2, 0) is 0 Å². The third-order valence-corrected chi connectivity index (χ3v) is 5.83. The molecule has 1 aromatic heterocycles. The van der Waals surface area contributed by atoms with E-state index in [2.05, 4.69) is 50.5 Å². The van der Waals surface area contributed by atoms with E-state index in [0.29, 0.717) is 6.54 Å². The van der Waals surface area contributed by atoms with Gasteiger partial charge in [0.05, 0.1) is 16.7 Å². The number of rotatable bonds is 3. The number of nitrogens with zero attached hydrogens (tertiary/aromatic N) is 1. The minimum absolute atomic E-state index is 0.0754. The van der Waals surface area contributed by atoms with Gasteiger partial charge in [-0.1, -0.05) is 12.1 Å². The molecule has 1 aromatic carbocycles. The van der Waals surface area contributed by atoms with E-state index >= 15 is 0 Å². The molecule has 2 aliphatic rings. The van der Waals surface area contributed by atoms with Gasteiger partial charge in [-0.3, -0.25) is 4.98 Å². The van der Waals surface area contributed by atoms with E-state index in [0.717, 1.165) is 32.9 Å². The Morgan fingerprint density at radius 2 is 2.29 bits per heavy atom. The van der Waals surface area contributed by atoms with Gasteiger partial charge in [-0.2, -0.15) is 0 Å². The fraction of sp³-hybridized carbons (Fsp3) is 0.471. The first-order chi connectivity index (χ1) is 10.2. The van der Waals surface area contributed by atoms with E-state index in [1.807, 2.05) is 6.20 Å². The summed E-state index contributed by atoms with van der Waals surface area (Å²) in [7, 11) is 0. The van der Waals surface area contributed by atoms with Gasteiger partial charge in [-0.25, -0.2) is 0 Å². The number of nitrogens with two attached hydrogens (primary N) is 1. The van der Waals surface area contributed by atoms with Crippen molar-refractivity contribution in [3.63, 3.8) is 0 Å². The summed E-state index contributed by atoms with van der Waals surface area (Å²) in [5, 5.41) is 4.95. The van der Waals surface area contributed by atoms with E-state index in [-0.39, 0.29) is 5.54 Å². The maximum atomic E-state index is 6.18. The SMILES string of the molecule is NCC1(Nc2cccc3cc(Br)cnc23)CC2CCC1C2. The van der Waals surface area contributed by atoms with Crippen LogP contribution in [0.4, 0.5) is 5.69 Å². The molecular weight excluding hydrogens is 326 g/mol. The minimum Gasteiger partial charge on any atom is -0.376 e. The molecule has 0 radical (unpaired) electrons. The monoisotopic (exact) mass is 345 g/mol. The number of fused-ring (bicyclic) bond motifs is 3. The average molecular weight is 346 g/mol. The van der Waals surface area contributed by atoms with Gasteiger partial charge in [-0.05, 0) is 65.6 Å². The largest absolute Gasteiger partial charge is 0.376 e. The molecule has 2 aromatic rings. The summed E-state index contributed by atoms with van der Waals surface area (Å²) in [5.74, 6) is 1.58. The highest BCUT2D eigenvalue weighted by atomic mass is 79.9. The molecule has 0 aliphatic heterocycles. The normalized spacial score (nSPS) is 31.0. The van der Waals surface area contributed by atoms with Gasteiger partial charge < -0.3 is 11.1 Å². The van der Waals surface area contributed by atoms with Crippen LogP contribution in [0.2, 0.25) is 0 Å². The van der Waals surface area contributed by atoms with Crippen LogP contribution >= 0.6 is 15.9 Å². The maximum absolute atomic E-state index is 6.18. The van der Waals surface area contributed by atoms with E-state index in [4.69, 9.17) is 5.73 Å². The van der Waals surface area contributed by atoms with Gasteiger partial charge in [-0.15, -0.1) is 0 Å². The molecule has 2 bridgehead atoms. The Bertz CT molecular complexity index is 687. The molecular formula is C17H20BrN3. The van der Waals surface area contributed by atoms with Crippen molar-refractivity contribution in [1.29, 1.82) is 0 Å². The first-order valence-electron chi connectivity index (χ1n) is 7.73. The second-order valence-corrected chi connectivity index (χ2v) is 7.51. The van der Waals surface area contributed by atoms with Crippen molar-refractivity contribution in [3.8, 4) is 0 Å². The molecule has 2 saturated carbocycles. The second kappa shape index (κ2) is 4.96. The van der Waals surface area contributed by atoms with Gasteiger partial charge >= 0.3 is 0 Å². The zero-order valence-corrected chi connectivity index (χ0v) is 13.6. The molecule has 3 nitrogen and oxygen atoms in total. The highest BCUT2D eigenvalue weighted by Crippen LogP contribution is 2.51. The summed E-state index contributed by atoms with van der Waals surface area (Å²) in [6, 6.07) is 8.44. The molecule has 2 aliphatic carbocycles. The highest BCUT2D eigenvalue weighted by molar-refractivity contribution is 9.10. The number of para-hydroxylation sites is 1. The lowest BCUT2D eigenvalue weighted by Crippen LogP contribution is -2.49. The first kappa shape index (κ1) is 13.5. The van der Waals surface area contributed by atoms with E-state index < -0.39 is 0 Å². The predicted molar refractivity (Wildman–Crippen MR) is 90.3 cm³/mol. The summed E-state index contributed by atoms with van der Waals surface area (Å²) in [6.45, 7) is 0.709. The van der Waals surface area contributed by atoms with Gasteiger partial charge in [0.1, 0.15) is 0 Å². The molecule has 1 heterocycles. The molecule has 0 saturated heterocycles.